The summed E-state index contributed by atoms with van der Waals surface area (Å²) in [5.41, 5.74) is 0.951. The van der Waals surface area contributed by atoms with E-state index in [-0.39, 0.29) is 0 Å². The summed E-state index contributed by atoms with van der Waals surface area (Å²) in [6, 6.07) is 1.76. The molecule has 0 spiro atoms. The zero-order chi connectivity index (χ0) is 7.40. The Balaban J connectivity index is 2.42. The molecule has 0 saturated heterocycles. The monoisotopic (exact) mass is 159 g/mol. The maximum Gasteiger partial charge on any atom is 0.226 e. The molecule has 0 radical (unpaired) electrons. The third-order valence-corrected chi connectivity index (χ3v) is 1.49. The second-order valence-corrected chi connectivity index (χ2v) is 2.60. The van der Waals surface area contributed by atoms with E-state index in [4.69, 9.17) is 11.6 Å². The number of unbranched alkanes of at least 4 members (excludes halogenated alkanes) is 1. The molecule has 0 aliphatic rings. The van der Waals surface area contributed by atoms with Crippen LogP contribution in [0.4, 0.5) is 0 Å². The molecule has 1 aromatic heterocycles. The SMILES string of the molecule is CCCCc1cc(Cl)on1. The Kier molecular flexibility index (Phi) is 2.75. The smallest absolute Gasteiger partial charge is 0.226 e. The van der Waals surface area contributed by atoms with E-state index in [9.17, 15) is 0 Å². The van der Waals surface area contributed by atoms with Gasteiger partial charge in [0, 0.05) is 6.07 Å². The summed E-state index contributed by atoms with van der Waals surface area (Å²) in [5.74, 6) is 0. The molecule has 56 valence electrons. The summed E-state index contributed by atoms with van der Waals surface area (Å²) in [4.78, 5) is 0. The van der Waals surface area contributed by atoms with Gasteiger partial charge in [-0.25, -0.2) is 0 Å². The molecule has 0 unspecified atom stereocenters. The van der Waals surface area contributed by atoms with Crippen LogP contribution in [-0.4, -0.2) is 5.16 Å². The van der Waals surface area contributed by atoms with Gasteiger partial charge in [-0.15, -0.1) is 0 Å². The van der Waals surface area contributed by atoms with E-state index in [1.165, 1.54) is 6.42 Å². The van der Waals surface area contributed by atoms with Gasteiger partial charge in [0.15, 0.2) is 0 Å². The lowest BCUT2D eigenvalue weighted by Crippen LogP contribution is -1.81. The highest BCUT2D eigenvalue weighted by Crippen LogP contribution is 2.11. The number of nitrogens with zero attached hydrogens (tertiary/aromatic N) is 1. The minimum absolute atomic E-state index is 0.381. The van der Waals surface area contributed by atoms with E-state index in [1.807, 2.05) is 0 Å². The molecular weight excluding hydrogens is 150 g/mol. The molecule has 0 fully saturated rings. The van der Waals surface area contributed by atoms with E-state index in [0.29, 0.717) is 5.22 Å². The molecule has 10 heavy (non-hydrogen) atoms. The summed E-state index contributed by atoms with van der Waals surface area (Å²) >= 11 is 5.51. The van der Waals surface area contributed by atoms with Crippen LogP contribution in [0, 0.1) is 0 Å². The Bertz CT molecular complexity index is 197. The van der Waals surface area contributed by atoms with Crippen molar-refractivity contribution in [2.45, 2.75) is 26.2 Å². The largest absolute Gasteiger partial charge is 0.344 e. The molecule has 2 nitrogen and oxygen atoms in total. The van der Waals surface area contributed by atoms with Crippen molar-refractivity contribution >= 4 is 11.6 Å². The molecule has 0 aromatic carbocycles. The summed E-state index contributed by atoms with van der Waals surface area (Å²) in [5, 5.41) is 4.13. The topological polar surface area (TPSA) is 26.0 Å². The minimum Gasteiger partial charge on any atom is -0.344 e. The number of rotatable bonds is 3. The minimum atomic E-state index is 0.381. The molecule has 1 heterocycles. The lowest BCUT2D eigenvalue weighted by Gasteiger charge is -1.87. The molecule has 0 aliphatic heterocycles. The van der Waals surface area contributed by atoms with Crippen LogP contribution >= 0.6 is 11.6 Å². The van der Waals surface area contributed by atoms with Crippen LogP contribution in [0.3, 0.4) is 0 Å². The van der Waals surface area contributed by atoms with Gasteiger partial charge in [-0.2, -0.15) is 0 Å². The van der Waals surface area contributed by atoms with E-state index < -0.39 is 0 Å². The van der Waals surface area contributed by atoms with Gasteiger partial charge in [0.25, 0.3) is 0 Å². The number of hydrogen-bond donors (Lipinski definition) is 0. The van der Waals surface area contributed by atoms with Crippen molar-refractivity contribution in [2.75, 3.05) is 0 Å². The van der Waals surface area contributed by atoms with E-state index in [0.717, 1.165) is 18.5 Å². The van der Waals surface area contributed by atoms with Crippen molar-refractivity contribution in [3.8, 4) is 0 Å². The van der Waals surface area contributed by atoms with Gasteiger partial charge < -0.3 is 4.52 Å². The number of aromatic nitrogens is 1. The molecule has 0 bridgehead atoms. The Morgan fingerprint density at radius 2 is 2.50 bits per heavy atom. The van der Waals surface area contributed by atoms with Gasteiger partial charge >= 0.3 is 0 Å². The van der Waals surface area contributed by atoms with Gasteiger partial charge in [0.05, 0.1) is 5.69 Å². The van der Waals surface area contributed by atoms with Gasteiger partial charge in [0.2, 0.25) is 5.22 Å². The zero-order valence-corrected chi connectivity index (χ0v) is 6.69. The molecule has 1 aromatic rings. The summed E-state index contributed by atoms with van der Waals surface area (Å²) < 4.78 is 4.68. The lowest BCUT2D eigenvalue weighted by molar-refractivity contribution is 0.412. The lowest BCUT2D eigenvalue weighted by atomic mass is 10.2. The molecule has 3 heteroatoms. The van der Waals surface area contributed by atoms with Crippen LogP contribution in [0.2, 0.25) is 5.22 Å². The van der Waals surface area contributed by atoms with Crippen molar-refractivity contribution in [3.05, 3.63) is 17.0 Å². The highest BCUT2D eigenvalue weighted by Gasteiger charge is 1.98. The van der Waals surface area contributed by atoms with Crippen LogP contribution in [0.1, 0.15) is 25.5 Å². The quantitative estimate of drug-likeness (QED) is 0.678. The normalized spacial score (nSPS) is 10.2. The highest BCUT2D eigenvalue weighted by molar-refractivity contribution is 6.28. The zero-order valence-electron chi connectivity index (χ0n) is 5.93. The molecule has 0 aliphatic carbocycles. The summed E-state index contributed by atoms with van der Waals surface area (Å²) in [6.45, 7) is 2.14. The van der Waals surface area contributed by atoms with Crippen LogP contribution in [-0.2, 0) is 6.42 Å². The average Bonchev–Trinajstić information content (AvgIpc) is 2.31. The van der Waals surface area contributed by atoms with Crippen molar-refractivity contribution < 1.29 is 4.52 Å². The average molecular weight is 160 g/mol. The third-order valence-electron chi connectivity index (χ3n) is 1.32. The first-order chi connectivity index (χ1) is 4.83. The molecular formula is C7H10ClNO. The maximum absolute atomic E-state index is 5.51. The fraction of sp³-hybridized carbons (Fsp3) is 0.571. The first-order valence-corrected chi connectivity index (χ1v) is 3.82. The third kappa shape index (κ3) is 2.03. The fourth-order valence-corrected chi connectivity index (χ4v) is 0.922. The number of halogens is 1. The van der Waals surface area contributed by atoms with Crippen molar-refractivity contribution in [1.82, 2.24) is 5.16 Å². The number of hydrogen-bond acceptors (Lipinski definition) is 2. The van der Waals surface area contributed by atoms with E-state index in [1.54, 1.807) is 6.07 Å². The predicted octanol–water partition coefficient (Wildman–Crippen LogP) is 2.67. The van der Waals surface area contributed by atoms with Crippen molar-refractivity contribution in [2.24, 2.45) is 0 Å². The van der Waals surface area contributed by atoms with E-state index >= 15 is 0 Å². The van der Waals surface area contributed by atoms with Gasteiger partial charge in [-0.3, -0.25) is 0 Å². The molecule has 0 amide bonds. The van der Waals surface area contributed by atoms with Crippen LogP contribution in [0.25, 0.3) is 0 Å². The predicted molar refractivity (Wildman–Crippen MR) is 40.1 cm³/mol. The Morgan fingerprint density at radius 1 is 1.70 bits per heavy atom. The van der Waals surface area contributed by atoms with Gasteiger partial charge in [-0.05, 0) is 24.4 Å². The Labute approximate surface area is 65.2 Å². The molecule has 0 N–H and O–H groups in total. The van der Waals surface area contributed by atoms with Crippen molar-refractivity contribution in [1.29, 1.82) is 0 Å². The highest BCUT2D eigenvalue weighted by atomic mass is 35.5. The Hall–Kier alpha value is -0.500. The standard InChI is InChI=1S/C7H10ClNO/c1-2-3-4-6-5-7(8)10-9-6/h5H,2-4H2,1H3. The van der Waals surface area contributed by atoms with Gasteiger partial charge in [0.1, 0.15) is 0 Å². The second kappa shape index (κ2) is 3.62. The summed E-state index contributed by atoms with van der Waals surface area (Å²) in [7, 11) is 0. The molecule has 0 atom stereocenters. The van der Waals surface area contributed by atoms with Crippen molar-refractivity contribution in [3.63, 3.8) is 0 Å². The first-order valence-electron chi connectivity index (χ1n) is 3.44. The number of aryl methyl sites for hydroxylation is 1. The van der Waals surface area contributed by atoms with Crippen LogP contribution in [0.5, 0.6) is 0 Å². The second-order valence-electron chi connectivity index (χ2n) is 2.23. The fourth-order valence-electron chi connectivity index (χ4n) is 0.762. The Morgan fingerprint density at radius 3 is 3.00 bits per heavy atom. The molecule has 0 saturated carbocycles. The summed E-state index contributed by atoms with van der Waals surface area (Å²) in [6.07, 6.45) is 3.28. The van der Waals surface area contributed by atoms with Crippen LogP contribution < -0.4 is 0 Å². The first kappa shape index (κ1) is 7.61. The molecule has 1 rings (SSSR count). The van der Waals surface area contributed by atoms with Crippen LogP contribution in [0.15, 0.2) is 10.6 Å². The van der Waals surface area contributed by atoms with E-state index in [2.05, 4.69) is 16.6 Å². The maximum atomic E-state index is 5.51. The van der Waals surface area contributed by atoms with Gasteiger partial charge in [-0.1, -0.05) is 18.5 Å².